The van der Waals surface area contributed by atoms with E-state index in [1.807, 2.05) is 0 Å². The Morgan fingerprint density at radius 1 is 1.40 bits per heavy atom. The summed E-state index contributed by atoms with van der Waals surface area (Å²) in [5, 5.41) is 4.09. The van der Waals surface area contributed by atoms with Crippen molar-refractivity contribution < 1.29 is 4.79 Å². The Morgan fingerprint density at radius 2 is 2.13 bits per heavy atom. The van der Waals surface area contributed by atoms with Crippen molar-refractivity contribution in [2.45, 2.75) is 19.4 Å². The molecule has 82 valence electrons. The molecule has 1 fully saturated rings. The van der Waals surface area contributed by atoms with Gasteiger partial charge in [0, 0.05) is 12.7 Å². The summed E-state index contributed by atoms with van der Waals surface area (Å²) >= 11 is 0. The lowest BCUT2D eigenvalue weighted by atomic mass is 10.3. The van der Waals surface area contributed by atoms with Crippen molar-refractivity contribution >= 4 is 5.91 Å². The van der Waals surface area contributed by atoms with Crippen molar-refractivity contribution in [2.75, 3.05) is 19.6 Å². The van der Waals surface area contributed by atoms with Crippen molar-refractivity contribution in [1.29, 1.82) is 0 Å². The molecule has 1 aromatic heterocycles. The Kier molecular flexibility index (Phi) is 3.01. The van der Waals surface area contributed by atoms with Gasteiger partial charge in [-0.05, 0) is 25.9 Å². The first kappa shape index (κ1) is 10.2. The molecule has 1 aromatic rings. The molecule has 1 aliphatic rings. The fourth-order valence-corrected chi connectivity index (χ4v) is 1.86. The number of primary amides is 1. The molecule has 1 amide bonds. The van der Waals surface area contributed by atoms with Gasteiger partial charge in [0.2, 0.25) is 0 Å². The number of carbonyl (C=O) groups excluding carboxylic acids is 1. The molecule has 15 heavy (non-hydrogen) atoms. The maximum Gasteiger partial charge on any atom is 0.251 e. The Balaban J connectivity index is 1.84. The molecule has 5 heteroatoms. The first-order chi connectivity index (χ1) is 7.25. The minimum absolute atomic E-state index is 0.414. The maximum atomic E-state index is 10.8. The fourth-order valence-electron chi connectivity index (χ4n) is 1.86. The average molecular weight is 208 g/mol. The molecule has 0 saturated carbocycles. The maximum absolute atomic E-state index is 10.8. The van der Waals surface area contributed by atoms with Gasteiger partial charge in [-0.2, -0.15) is 5.10 Å². The number of hydrogen-bond donors (Lipinski definition) is 1. The number of likely N-dealkylation sites (tertiary alicyclic amines) is 1. The number of nitrogens with zero attached hydrogens (tertiary/aromatic N) is 3. The van der Waals surface area contributed by atoms with Crippen LogP contribution in [-0.2, 0) is 6.54 Å². The molecule has 5 nitrogen and oxygen atoms in total. The predicted octanol–water partition coefficient (Wildman–Crippen LogP) is 0.0778. The molecule has 2 rings (SSSR count). The summed E-state index contributed by atoms with van der Waals surface area (Å²) in [4.78, 5) is 13.2. The van der Waals surface area contributed by atoms with Gasteiger partial charge < -0.3 is 10.6 Å². The fraction of sp³-hybridized carbons (Fsp3) is 0.600. The van der Waals surface area contributed by atoms with E-state index >= 15 is 0 Å². The summed E-state index contributed by atoms with van der Waals surface area (Å²) < 4.78 is 1.78. The van der Waals surface area contributed by atoms with E-state index in [0.29, 0.717) is 5.56 Å². The molecular formula is C10H16N4O. The van der Waals surface area contributed by atoms with Crippen molar-refractivity contribution in [1.82, 2.24) is 14.7 Å². The zero-order valence-electron chi connectivity index (χ0n) is 8.72. The van der Waals surface area contributed by atoms with Crippen molar-refractivity contribution in [3.63, 3.8) is 0 Å². The van der Waals surface area contributed by atoms with Crippen LogP contribution in [-0.4, -0.2) is 40.2 Å². The Bertz CT molecular complexity index is 341. The summed E-state index contributed by atoms with van der Waals surface area (Å²) in [7, 11) is 0. The van der Waals surface area contributed by atoms with Crippen LogP contribution in [0.1, 0.15) is 23.2 Å². The highest BCUT2D eigenvalue weighted by Gasteiger charge is 2.11. The summed E-state index contributed by atoms with van der Waals surface area (Å²) in [6, 6.07) is 0. The molecule has 1 aliphatic heterocycles. The van der Waals surface area contributed by atoms with Crippen LogP contribution in [0.3, 0.4) is 0 Å². The standard InChI is InChI=1S/C10H16N4O/c11-10(15)9-7-12-14(8-9)6-5-13-3-1-2-4-13/h7-8H,1-6H2,(H2,11,15). The minimum atomic E-state index is -0.414. The van der Waals surface area contributed by atoms with E-state index in [1.54, 1.807) is 10.9 Å². The van der Waals surface area contributed by atoms with E-state index in [4.69, 9.17) is 5.73 Å². The van der Waals surface area contributed by atoms with Crippen LogP contribution in [0, 0.1) is 0 Å². The van der Waals surface area contributed by atoms with Crippen molar-refractivity contribution in [2.24, 2.45) is 5.73 Å². The highest BCUT2D eigenvalue weighted by Crippen LogP contribution is 2.07. The number of hydrogen-bond acceptors (Lipinski definition) is 3. The molecule has 1 saturated heterocycles. The summed E-state index contributed by atoms with van der Waals surface area (Å²) in [6.45, 7) is 4.20. The third kappa shape index (κ3) is 2.56. The van der Waals surface area contributed by atoms with Gasteiger partial charge in [0.15, 0.2) is 0 Å². The normalized spacial score (nSPS) is 17.1. The molecule has 2 heterocycles. The average Bonchev–Trinajstić information content (AvgIpc) is 2.86. The molecule has 0 radical (unpaired) electrons. The number of carbonyl (C=O) groups is 1. The highest BCUT2D eigenvalue weighted by atomic mass is 16.1. The smallest absolute Gasteiger partial charge is 0.251 e. The summed E-state index contributed by atoms with van der Waals surface area (Å²) in [5.74, 6) is -0.414. The highest BCUT2D eigenvalue weighted by molar-refractivity contribution is 5.92. The lowest BCUT2D eigenvalue weighted by molar-refractivity contribution is 0.1000. The quantitative estimate of drug-likeness (QED) is 0.762. The first-order valence-corrected chi connectivity index (χ1v) is 5.30. The zero-order chi connectivity index (χ0) is 10.7. The molecule has 0 bridgehead atoms. The SMILES string of the molecule is NC(=O)c1cnn(CCN2CCCC2)c1. The van der Waals surface area contributed by atoms with E-state index in [9.17, 15) is 4.79 Å². The number of rotatable bonds is 4. The van der Waals surface area contributed by atoms with E-state index in [0.717, 1.165) is 13.1 Å². The Labute approximate surface area is 88.8 Å². The van der Waals surface area contributed by atoms with E-state index in [-0.39, 0.29) is 0 Å². The molecular weight excluding hydrogens is 192 g/mol. The monoisotopic (exact) mass is 208 g/mol. The molecule has 0 spiro atoms. The lowest BCUT2D eigenvalue weighted by Crippen LogP contribution is -2.24. The zero-order valence-corrected chi connectivity index (χ0v) is 8.72. The lowest BCUT2D eigenvalue weighted by Gasteiger charge is -2.13. The van der Waals surface area contributed by atoms with Gasteiger partial charge in [-0.3, -0.25) is 9.48 Å². The Morgan fingerprint density at radius 3 is 2.73 bits per heavy atom. The van der Waals surface area contributed by atoms with Gasteiger partial charge in [-0.25, -0.2) is 0 Å². The van der Waals surface area contributed by atoms with Gasteiger partial charge in [-0.15, -0.1) is 0 Å². The predicted molar refractivity (Wildman–Crippen MR) is 56.4 cm³/mol. The number of amides is 1. The van der Waals surface area contributed by atoms with Crippen LogP contribution < -0.4 is 5.73 Å². The van der Waals surface area contributed by atoms with Crippen LogP contribution in [0.5, 0.6) is 0 Å². The second-order valence-corrected chi connectivity index (χ2v) is 3.91. The van der Waals surface area contributed by atoms with Crippen molar-refractivity contribution in [3.05, 3.63) is 18.0 Å². The number of aromatic nitrogens is 2. The van der Waals surface area contributed by atoms with Crippen LogP contribution in [0.4, 0.5) is 0 Å². The van der Waals surface area contributed by atoms with Gasteiger partial charge in [0.05, 0.1) is 18.3 Å². The van der Waals surface area contributed by atoms with E-state index in [2.05, 4.69) is 10.00 Å². The molecule has 0 atom stereocenters. The second-order valence-electron chi connectivity index (χ2n) is 3.91. The largest absolute Gasteiger partial charge is 0.366 e. The van der Waals surface area contributed by atoms with Crippen LogP contribution in [0.2, 0.25) is 0 Å². The minimum Gasteiger partial charge on any atom is -0.366 e. The second kappa shape index (κ2) is 4.44. The van der Waals surface area contributed by atoms with Crippen molar-refractivity contribution in [3.8, 4) is 0 Å². The third-order valence-electron chi connectivity index (χ3n) is 2.76. The molecule has 2 N–H and O–H groups in total. The topological polar surface area (TPSA) is 64.2 Å². The molecule has 0 aliphatic carbocycles. The summed E-state index contributed by atoms with van der Waals surface area (Å²) in [6.07, 6.45) is 5.82. The summed E-state index contributed by atoms with van der Waals surface area (Å²) in [5.41, 5.74) is 5.63. The van der Waals surface area contributed by atoms with E-state index < -0.39 is 5.91 Å². The van der Waals surface area contributed by atoms with Crippen LogP contribution >= 0.6 is 0 Å². The van der Waals surface area contributed by atoms with Gasteiger partial charge in [-0.1, -0.05) is 0 Å². The van der Waals surface area contributed by atoms with Crippen LogP contribution in [0.15, 0.2) is 12.4 Å². The molecule has 0 aromatic carbocycles. The Hall–Kier alpha value is -1.36. The van der Waals surface area contributed by atoms with Crippen LogP contribution in [0.25, 0.3) is 0 Å². The molecule has 0 unspecified atom stereocenters. The van der Waals surface area contributed by atoms with E-state index in [1.165, 1.54) is 32.1 Å². The van der Waals surface area contributed by atoms with Gasteiger partial charge in [0.1, 0.15) is 0 Å². The number of nitrogens with two attached hydrogens (primary N) is 1. The van der Waals surface area contributed by atoms with Gasteiger partial charge >= 0.3 is 0 Å². The third-order valence-corrected chi connectivity index (χ3v) is 2.76. The first-order valence-electron chi connectivity index (χ1n) is 5.30. The van der Waals surface area contributed by atoms with Gasteiger partial charge in [0.25, 0.3) is 5.91 Å².